The average molecular weight is 290 g/mol. The maximum atomic E-state index is 5.97. The van der Waals surface area contributed by atoms with Crippen molar-refractivity contribution in [3.05, 3.63) is 27.7 Å². The minimum absolute atomic E-state index is 0.223. The zero-order valence-electron chi connectivity index (χ0n) is 8.72. The van der Waals surface area contributed by atoms with Crippen LogP contribution in [0.25, 0.3) is 0 Å². The van der Waals surface area contributed by atoms with E-state index in [1.807, 2.05) is 6.92 Å². The second-order valence-electron chi connectivity index (χ2n) is 3.97. The van der Waals surface area contributed by atoms with Crippen molar-refractivity contribution in [2.45, 2.75) is 31.6 Å². The molecule has 0 bridgehead atoms. The van der Waals surface area contributed by atoms with Gasteiger partial charge in [0.2, 0.25) is 0 Å². The summed E-state index contributed by atoms with van der Waals surface area (Å²) in [6.07, 6.45) is 3.01. The molecule has 0 aromatic heterocycles. The van der Waals surface area contributed by atoms with Crippen molar-refractivity contribution < 1.29 is 4.74 Å². The summed E-state index contributed by atoms with van der Waals surface area (Å²) in [5.74, 6) is 1.09. The molecule has 1 aliphatic heterocycles. The van der Waals surface area contributed by atoms with Crippen molar-refractivity contribution in [1.29, 1.82) is 0 Å². The first-order valence-electron chi connectivity index (χ1n) is 5.25. The minimum Gasteiger partial charge on any atom is -0.493 e. The number of hydrogen-bond donors (Lipinski definition) is 0. The van der Waals surface area contributed by atoms with E-state index in [0.717, 1.165) is 36.1 Å². The summed E-state index contributed by atoms with van der Waals surface area (Å²) in [6.45, 7) is 2.84. The highest BCUT2D eigenvalue weighted by molar-refractivity contribution is 9.10. The quantitative estimate of drug-likeness (QED) is 0.766. The predicted molar refractivity (Wildman–Crippen MR) is 67.0 cm³/mol. The predicted octanol–water partition coefficient (Wildman–Crippen LogP) is 3.94. The van der Waals surface area contributed by atoms with E-state index in [0.29, 0.717) is 0 Å². The molecule has 82 valence electrons. The van der Waals surface area contributed by atoms with E-state index in [-0.39, 0.29) is 5.38 Å². The molecule has 3 heteroatoms. The molecule has 0 fully saturated rings. The van der Waals surface area contributed by atoms with Gasteiger partial charge < -0.3 is 4.74 Å². The maximum absolute atomic E-state index is 5.97. The topological polar surface area (TPSA) is 9.23 Å². The van der Waals surface area contributed by atoms with Crippen LogP contribution in [0, 0.1) is 0 Å². The van der Waals surface area contributed by atoms with E-state index < -0.39 is 0 Å². The lowest BCUT2D eigenvalue weighted by Crippen LogP contribution is -1.97. The van der Waals surface area contributed by atoms with E-state index in [4.69, 9.17) is 16.3 Å². The Balaban J connectivity index is 2.22. The van der Waals surface area contributed by atoms with Crippen molar-refractivity contribution >= 4 is 27.5 Å². The molecule has 1 heterocycles. The second-order valence-corrected chi connectivity index (χ2v) is 5.63. The summed E-state index contributed by atoms with van der Waals surface area (Å²) in [6, 6.07) is 4.29. The summed E-state index contributed by atoms with van der Waals surface area (Å²) in [5.41, 5.74) is 2.60. The molecule has 0 radical (unpaired) electrons. The van der Waals surface area contributed by atoms with Gasteiger partial charge in [-0.05, 0) is 43.0 Å². The van der Waals surface area contributed by atoms with E-state index in [1.54, 1.807) is 0 Å². The van der Waals surface area contributed by atoms with Crippen molar-refractivity contribution in [3.63, 3.8) is 0 Å². The standard InChI is InChI=1S/C12H14BrClO/c1-8(14)2-3-9-6-11(13)7-10-4-5-15-12(9)10/h6-8H,2-5H2,1H3. The Morgan fingerprint density at radius 2 is 2.33 bits per heavy atom. The molecule has 15 heavy (non-hydrogen) atoms. The molecule has 1 aromatic carbocycles. The highest BCUT2D eigenvalue weighted by Gasteiger charge is 2.17. The van der Waals surface area contributed by atoms with Crippen LogP contribution in [0.15, 0.2) is 16.6 Å². The minimum atomic E-state index is 0.223. The Morgan fingerprint density at radius 1 is 1.53 bits per heavy atom. The van der Waals surface area contributed by atoms with Crippen molar-refractivity contribution in [2.24, 2.45) is 0 Å². The first kappa shape index (κ1) is 11.3. The number of aryl methyl sites for hydroxylation is 1. The fraction of sp³-hybridized carbons (Fsp3) is 0.500. The van der Waals surface area contributed by atoms with Crippen LogP contribution in [0.3, 0.4) is 0 Å². The van der Waals surface area contributed by atoms with Crippen LogP contribution in [0.2, 0.25) is 0 Å². The Hall–Kier alpha value is -0.210. The third kappa shape index (κ3) is 2.67. The number of benzene rings is 1. The number of rotatable bonds is 3. The Labute approximate surface area is 104 Å². The SMILES string of the molecule is CC(Cl)CCc1cc(Br)cc2c1OCC2. The molecular weight excluding hydrogens is 275 g/mol. The van der Waals surface area contributed by atoms with Gasteiger partial charge in [-0.2, -0.15) is 0 Å². The normalized spacial score (nSPS) is 15.9. The summed E-state index contributed by atoms with van der Waals surface area (Å²) in [5, 5.41) is 0.223. The zero-order chi connectivity index (χ0) is 10.8. The molecule has 1 unspecified atom stereocenters. The van der Waals surface area contributed by atoms with E-state index in [1.165, 1.54) is 11.1 Å². The van der Waals surface area contributed by atoms with Crippen LogP contribution < -0.4 is 4.74 Å². The molecular formula is C12H14BrClO. The van der Waals surface area contributed by atoms with Gasteiger partial charge in [-0.3, -0.25) is 0 Å². The third-order valence-electron chi connectivity index (χ3n) is 2.64. The van der Waals surface area contributed by atoms with Gasteiger partial charge in [0.25, 0.3) is 0 Å². The lowest BCUT2D eigenvalue weighted by molar-refractivity contribution is 0.353. The van der Waals surface area contributed by atoms with Crippen LogP contribution in [-0.2, 0) is 12.8 Å². The highest BCUT2D eigenvalue weighted by Crippen LogP contribution is 2.33. The van der Waals surface area contributed by atoms with Crippen LogP contribution in [0.5, 0.6) is 5.75 Å². The third-order valence-corrected chi connectivity index (χ3v) is 3.31. The van der Waals surface area contributed by atoms with E-state index in [2.05, 4.69) is 28.1 Å². The lowest BCUT2D eigenvalue weighted by Gasteiger charge is -2.09. The van der Waals surface area contributed by atoms with Gasteiger partial charge in [0.15, 0.2) is 0 Å². The first-order valence-corrected chi connectivity index (χ1v) is 6.48. The van der Waals surface area contributed by atoms with E-state index >= 15 is 0 Å². The summed E-state index contributed by atoms with van der Waals surface area (Å²) >= 11 is 9.50. The molecule has 0 saturated carbocycles. The molecule has 0 N–H and O–H groups in total. The molecule has 0 amide bonds. The van der Waals surface area contributed by atoms with Crippen LogP contribution >= 0.6 is 27.5 Å². The van der Waals surface area contributed by atoms with Crippen LogP contribution in [-0.4, -0.2) is 12.0 Å². The molecule has 0 spiro atoms. The molecule has 1 nitrogen and oxygen atoms in total. The average Bonchev–Trinajstić information content (AvgIpc) is 2.61. The highest BCUT2D eigenvalue weighted by atomic mass is 79.9. The lowest BCUT2D eigenvalue weighted by atomic mass is 10.0. The van der Waals surface area contributed by atoms with Crippen molar-refractivity contribution in [2.75, 3.05) is 6.61 Å². The monoisotopic (exact) mass is 288 g/mol. The fourth-order valence-electron chi connectivity index (χ4n) is 1.89. The molecule has 0 saturated heterocycles. The molecule has 0 aliphatic carbocycles. The Morgan fingerprint density at radius 3 is 3.07 bits per heavy atom. The Kier molecular flexibility index (Phi) is 3.57. The first-order chi connectivity index (χ1) is 7.16. The molecule has 1 aliphatic rings. The number of hydrogen-bond acceptors (Lipinski definition) is 1. The van der Waals surface area contributed by atoms with E-state index in [9.17, 15) is 0 Å². The largest absolute Gasteiger partial charge is 0.493 e. The van der Waals surface area contributed by atoms with Gasteiger partial charge >= 0.3 is 0 Å². The van der Waals surface area contributed by atoms with Crippen molar-refractivity contribution in [3.8, 4) is 5.75 Å². The number of halogens is 2. The van der Waals surface area contributed by atoms with Gasteiger partial charge in [0.1, 0.15) is 5.75 Å². The second kappa shape index (κ2) is 4.75. The van der Waals surface area contributed by atoms with Crippen LogP contribution in [0.4, 0.5) is 0 Å². The smallest absolute Gasteiger partial charge is 0.125 e. The molecule has 2 rings (SSSR count). The van der Waals surface area contributed by atoms with Gasteiger partial charge in [0, 0.05) is 16.3 Å². The number of fused-ring (bicyclic) bond motifs is 1. The molecule has 1 atom stereocenters. The summed E-state index contributed by atoms with van der Waals surface area (Å²) in [7, 11) is 0. The zero-order valence-corrected chi connectivity index (χ0v) is 11.1. The molecule has 1 aromatic rings. The Bertz CT molecular complexity index is 363. The van der Waals surface area contributed by atoms with Crippen molar-refractivity contribution in [1.82, 2.24) is 0 Å². The summed E-state index contributed by atoms with van der Waals surface area (Å²) in [4.78, 5) is 0. The van der Waals surface area contributed by atoms with Crippen LogP contribution in [0.1, 0.15) is 24.5 Å². The number of alkyl halides is 1. The van der Waals surface area contributed by atoms with Gasteiger partial charge in [-0.1, -0.05) is 15.9 Å². The number of ether oxygens (including phenoxy) is 1. The van der Waals surface area contributed by atoms with Gasteiger partial charge in [-0.25, -0.2) is 0 Å². The van der Waals surface area contributed by atoms with Gasteiger partial charge in [-0.15, -0.1) is 11.6 Å². The van der Waals surface area contributed by atoms with Gasteiger partial charge in [0.05, 0.1) is 6.61 Å². The fourth-order valence-corrected chi connectivity index (χ4v) is 2.55. The maximum Gasteiger partial charge on any atom is 0.125 e. The summed E-state index contributed by atoms with van der Waals surface area (Å²) < 4.78 is 6.80.